The van der Waals surface area contributed by atoms with E-state index in [0.29, 0.717) is 0 Å². The highest BCUT2D eigenvalue weighted by molar-refractivity contribution is 7.85. The number of hydrogen-bond donors (Lipinski definition) is 0. The fourth-order valence-electron chi connectivity index (χ4n) is 1.99. The standard InChI is InChI=1S/C12H16OS/c13-14-8-6-12(7-9-14)10-11-4-2-1-3-5-11/h1-5,12H,6-10H2. The molecule has 1 aliphatic heterocycles. The van der Waals surface area contributed by atoms with Crippen LogP contribution in [0.2, 0.25) is 0 Å². The Kier molecular flexibility index (Phi) is 3.35. The predicted octanol–water partition coefficient (Wildman–Crippen LogP) is 2.39. The van der Waals surface area contributed by atoms with Crippen LogP contribution in [0.5, 0.6) is 0 Å². The van der Waals surface area contributed by atoms with Crippen LogP contribution in [0.3, 0.4) is 0 Å². The van der Waals surface area contributed by atoms with Gasteiger partial charge in [-0.15, -0.1) is 0 Å². The Balaban J connectivity index is 1.89. The number of rotatable bonds is 2. The summed E-state index contributed by atoms with van der Waals surface area (Å²) in [6.45, 7) is 0. The zero-order valence-corrected chi connectivity index (χ0v) is 9.13. The molecule has 0 amide bonds. The van der Waals surface area contributed by atoms with Crippen molar-refractivity contribution in [3.05, 3.63) is 35.9 Å². The largest absolute Gasteiger partial charge is 0.260 e. The lowest BCUT2D eigenvalue weighted by Crippen LogP contribution is -2.20. The Hall–Kier alpha value is -0.630. The summed E-state index contributed by atoms with van der Waals surface area (Å²) >= 11 is 0. The Morgan fingerprint density at radius 2 is 1.79 bits per heavy atom. The summed E-state index contributed by atoms with van der Waals surface area (Å²) < 4.78 is 11.2. The van der Waals surface area contributed by atoms with Crippen molar-refractivity contribution in [3.8, 4) is 0 Å². The molecule has 0 atom stereocenters. The molecular weight excluding hydrogens is 192 g/mol. The average Bonchev–Trinajstić information content (AvgIpc) is 2.23. The lowest BCUT2D eigenvalue weighted by atomic mass is 9.94. The van der Waals surface area contributed by atoms with E-state index in [0.717, 1.165) is 36.7 Å². The molecule has 0 aliphatic carbocycles. The van der Waals surface area contributed by atoms with Crippen molar-refractivity contribution in [2.75, 3.05) is 11.5 Å². The fourth-order valence-corrected chi connectivity index (χ4v) is 3.39. The van der Waals surface area contributed by atoms with Gasteiger partial charge >= 0.3 is 0 Å². The van der Waals surface area contributed by atoms with E-state index >= 15 is 0 Å². The second-order valence-electron chi connectivity index (χ2n) is 3.98. The molecule has 76 valence electrons. The van der Waals surface area contributed by atoms with E-state index in [9.17, 15) is 4.21 Å². The molecule has 0 N–H and O–H groups in total. The van der Waals surface area contributed by atoms with Crippen molar-refractivity contribution in [2.45, 2.75) is 19.3 Å². The SMILES string of the molecule is O=S1CCC(Cc2ccccc2)CC1. The fraction of sp³-hybridized carbons (Fsp3) is 0.500. The van der Waals surface area contributed by atoms with Crippen LogP contribution in [0.4, 0.5) is 0 Å². The molecule has 1 aliphatic rings. The van der Waals surface area contributed by atoms with Gasteiger partial charge in [0.1, 0.15) is 0 Å². The van der Waals surface area contributed by atoms with E-state index in [-0.39, 0.29) is 0 Å². The molecule has 1 aromatic carbocycles. The molecular formula is C12H16OS. The molecule has 1 nitrogen and oxygen atoms in total. The normalized spacial score (nSPS) is 27.4. The maximum Gasteiger partial charge on any atom is 0.0237 e. The second kappa shape index (κ2) is 4.74. The molecule has 0 radical (unpaired) electrons. The van der Waals surface area contributed by atoms with E-state index in [1.807, 2.05) is 0 Å². The second-order valence-corrected chi connectivity index (χ2v) is 5.68. The maximum absolute atomic E-state index is 11.2. The minimum atomic E-state index is -0.519. The minimum Gasteiger partial charge on any atom is -0.260 e. The van der Waals surface area contributed by atoms with Crippen molar-refractivity contribution >= 4 is 10.8 Å². The van der Waals surface area contributed by atoms with Crippen LogP contribution < -0.4 is 0 Å². The van der Waals surface area contributed by atoms with E-state index in [1.165, 1.54) is 5.56 Å². The van der Waals surface area contributed by atoms with Gasteiger partial charge in [-0.3, -0.25) is 4.21 Å². The molecule has 1 heterocycles. The van der Waals surface area contributed by atoms with Gasteiger partial charge in [-0.1, -0.05) is 30.3 Å². The summed E-state index contributed by atoms with van der Waals surface area (Å²) in [5.74, 6) is 2.59. The Morgan fingerprint density at radius 1 is 1.14 bits per heavy atom. The highest BCUT2D eigenvalue weighted by Crippen LogP contribution is 2.20. The van der Waals surface area contributed by atoms with E-state index in [4.69, 9.17) is 0 Å². The van der Waals surface area contributed by atoms with Gasteiger partial charge in [-0.05, 0) is 30.7 Å². The topological polar surface area (TPSA) is 17.1 Å². The quantitative estimate of drug-likeness (QED) is 0.729. The molecule has 0 saturated carbocycles. The number of benzene rings is 1. The third-order valence-corrected chi connectivity index (χ3v) is 4.26. The number of hydrogen-bond acceptors (Lipinski definition) is 1. The summed E-state index contributed by atoms with van der Waals surface area (Å²) in [5.41, 5.74) is 1.42. The van der Waals surface area contributed by atoms with Crippen molar-refractivity contribution in [2.24, 2.45) is 5.92 Å². The summed E-state index contributed by atoms with van der Waals surface area (Å²) in [7, 11) is -0.519. The van der Waals surface area contributed by atoms with Gasteiger partial charge in [0.05, 0.1) is 0 Å². The monoisotopic (exact) mass is 208 g/mol. The highest BCUT2D eigenvalue weighted by atomic mass is 32.2. The van der Waals surface area contributed by atoms with E-state index in [2.05, 4.69) is 30.3 Å². The minimum absolute atomic E-state index is 0.519. The zero-order valence-electron chi connectivity index (χ0n) is 8.32. The van der Waals surface area contributed by atoms with Gasteiger partial charge < -0.3 is 0 Å². The van der Waals surface area contributed by atoms with Crippen molar-refractivity contribution in [3.63, 3.8) is 0 Å². The summed E-state index contributed by atoms with van der Waals surface area (Å²) in [6.07, 6.45) is 3.45. The van der Waals surface area contributed by atoms with Crippen molar-refractivity contribution in [1.82, 2.24) is 0 Å². The van der Waals surface area contributed by atoms with Crippen molar-refractivity contribution < 1.29 is 4.21 Å². The van der Waals surface area contributed by atoms with Crippen LogP contribution >= 0.6 is 0 Å². The molecule has 0 bridgehead atoms. The maximum atomic E-state index is 11.2. The molecule has 1 aromatic rings. The smallest absolute Gasteiger partial charge is 0.0237 e. The Labute approximate surface area is 88.0 Å². The third-order valence-electron chi connectivity index (χ3n) is 2.87. The third kappa shape index (κ3) is 2.68. The van der Waals surface area contributed by atoms with Crippen molar-refractivity contribution in [1.29, 1.82) is 0 Å². The molecule has 0 aromatic heterocycles. The first-order valence-corrected chi connectivity index (χ1v) is 6.72. The molecule has 14 heavy (non-hydrogen) atoms. The van der Waals surface area contributed by atoms with Gasteiger partial charge in [0, 0.05) is 22.3 Å². The Bertz CT molecular complexity index is 297. The van der Waals surface area contributed by atoms with Crippen LogP contribution in [0.1, 0.15) is 18.4 Å². The van der Waals surface area contributed by atoms with E-state index < -0.39 is 10.8 Å². The average molecular weight is 208 g/mol. The van der Waals surface area contributed by atoms with Gasteiger partial charge in [0.2, 0.25) is 0 Å². The molecule has 2 rings (SSSR count). The van der Waals surface area contributed by atoms with Gasteiger partial charge in [-0.25, -0.2) is 0 Å². The molecule has 1 saturated heterocycles. The van der Waals surface area contributed by atoms with Crippen LogP contribution in [0, 0.1) is 5.92 Å². The first kappa shape index (κ1) is 9.91. The first-order chi connectivity index (χ1) is 6.84. The van der Waals surface area contributed by atoms with E-state index in [1.54, 1.807) is 0 Å². The van der Waals surface area contributed by atoms with Gasteiger partial charge in [0.15, 0.2) is 0 Å². The van der Waals surface area contributed by atoms with Gasteiger partial charge in [0.25, 0.3) is 0 Å². The summed E-state index contributed by atoms with van der Waals surface area (Å²) in [4.78, 5) is 0. The molecule has 2 heteroatoms. The van der Waals surface area contributed by atoms with Crippen LogP contribution in [0.15, 0.2) is 30.3 Å². The molecule has 0 unspecified atom stereocenters. The Morgan fingerprint density at radius 3 is 2.43 bits per heavy atom. The summed E-state index contributed by atoms with van der Waals surface area (Å²) in [5, 5.41) is 0. The molecule has 0 spiro atoms. The first-order valence-electron chi connectivity index (χ1n) is 5.23. The molecule has 1 fully saturated rings. The van der Waals surface area contributed by atoms with Crippen LogP contribution in [0.25, 0.3) is 0 Å². The zero-order chi connectivity index (χ0) is 9.80. The lowest BCUT2D eigenvalue weighted by Gasteiger charge is -2.21. The highest BCUT2D eigenvalue weighted by Gasteiger charge is 2.17. The predicted molar refractivity (Wildman–Crippen MR) is 60.7 cm³/mol. The van der Waals surface area contributed by atoms with Crippen LogP contribution in [-0.2, 0) is 17.2 Å². The lowest BCUT2D eigenvalue weighted by molar-refractivity contribution is 0.478. The summed E-state index contributed by atoms with van der Waals surface area (Å²) in [6, 6.07) is 10.6. The van der Waals surface area contributed by atoms with Crippen LogP contribution in [-0.4, -0.2) is 15.7 Å². The van der Waals surface area contributed by atoms with Gasteiger partial charge in [-0.2, -0.15) is 0 Å².